The van der Waals surface area contributed by atoms with E-state index in [4.69, 9.17) is 4.42 Å². The second-order valence-corrected chi connectivity index (χ2v) is 7.58. The molecule has 2 aromatic carbocycles. The van der Waals surface area contributed by atoms with Crippen LogP contribution in [0.3, 0.4) is 0 Å². The van der Waals surface area contributed by atoms with Crippen molar-refractivity contribution in [3.8, 4) is 17.1 Å². The number of amides is 1. The number of para-hydroxylation sites is 1. The van der Waals surface area contributed by atoms with Crippen LogP contribution in [0.25, 0.3) is 17.1 Å². The Hall–Kier alpha value is -3.66. The molecule has 0 bridgehead atoms. The Morgan fingerprint density at radius 1 is 1.16 bits per heavy atom. The van der Waals surface area contributed by atoms with Gasteiger partial charge in [0.15, 0.2) is 0 Å². The number of nitrogens with zero attached hydrogens (tertiary/aromatic N) is 4. The molecule has 0 spiro atoms. The van der Waals surface area contributed by atoms with E-state index in [1.54, 1.807) is 30.8 Å². The Bertz CT molecular complexity index is 1300. The van der Waals surface area contributed by atoms with Crippen LogP contribution in [0, 0.1) is 12.7 Å². The third-order valence-corrected chi connectivity index (χ3v) is 5.44. The predicted octanol–water partition coefficient (Wildman–Crippen LogP) is 3.40. The quantitative estimate of drug-likeness (QED) is 0.463. The van der Waals surface area contributed by atoms with E-state index in [0.717, 1.165) is 11.8 Å². The number of aromatic nitrogens is 4. The molecule has 0 radical (unpaired) electrons. The molecule has 1 amide bonds. The van der Waals surface area contributed by atoms with Crippen LogP contribution < -0.4 is 10.9 Å². The summed E-state index contributed by atoms with van der Waals surface area (Å²) in [6.07, 6.45) is 0. The molecule has 31 heavy (non-hydrogen) atoms. The van der Waals surface area contributed by atoms with Crippen molar-refractivity contribution in [2.45, 2.75) is 12.1 Å². The van der Waals surface area contributed by atoms with Crippen LogP contribution in [0.15, 0.2) is 69.0 Å². The van der Waals surface area contributed by atoms with Crippen LogP contribution in [0.4, 0.5) is 10.1 Å². The van der Waals surface area contributed by atoms with E-state index in [-0.39, 0.29) is 34.0 Å². The third-order valence-electron chi connectivity index (χ3n) is 4.62. The SMILES string of the molecule is Cc1c(NC(=O)CSc2nnc(-c3cccc(F)c3)o2)c(=O)n(-c2ccccc2)n1C. The van der Waals surface area contributed by atoms with Crippen molar-refractivity contribution < 1.29 is 13.6 Å². The fourth-order valence-corrected chi connectivity index (χ4v) is 3.58. The highest BCUT2D eigenvalue weighted by Crippen LogP contribution is 2.24. The zero-order chi connectivity index (χ0) is 22.0. The maximum atomic E-state index is 13.3. The van der Waals surface area contributed by atoms with Crippen LogP contribution >= 0.6 is 11.8 Å². The molecule has 10 heteroatoms. The summed E-state index contributed by atoms with van der Waals surface area (Å²) in [5, 5.41) is 10.6. The maximum absolute atomic E-state index is 13.3. The third kappa shape index (κ3) is 4.29. The second-order valence-electron chi connectivity index (χ2n) is 6.66. The van der Waals surface area contributed by atoms with Crippen molar-refractivity contribution in [1.82, 2.24) is 19.6 Å². The minimum absolute atomic E-state index is 0.0378. The molecule has 8 nitrogen and oxygen atoms in total. The number of rotatable bonds is 6. The lowest BCUT2D eigenvalue weighted by Crippen LogP contribution is -2.23. The highest BCUT2D eigenvalue weighted by atomic mass is 32.2. The summed E-state index contributed by atoms with van der Waals surface area (Å²) in [4.78, 5) is 25.3. The summed E-state index contributed by atoms with van der Waals surface area (Å²) in [7, 11) is 1.75. The molecule has 2 aromatic heterocycles. The Balaban J connectivity index is 1.45. The van der Waals surface area contributed by atoms with Crippen molar-refractivity contribution in [1.29, 1.82) is 0 Å². The van der Waals surface area contributed by atoms with Gasteiger partial charge in [-0.3, -0.25) is 14.3 Å². The molecule has 0 atom stereocenters. The second kappa shape index (κ2) is 8.60. The number of carbonyl (C=O) groups excluding carboxylic acids is 1. The maximum Gasteiger partial charge on any atom is 0.295 e. The van der Waals surface area contributed by atoms with Gasteiger partial charge in [-0.25, -0.2) is 9.07 Å². The molecule has 4 rings (SSSR count). The van der Waals surface area contributed by atoms with E-state index in [0.29, 0.717) is 16.9 Å². The first kappa shape index (κ1) is 20.6. The monoisotopic (exact) mass is 439 g/mol. The number of carbonyl (C=O) groups is 1. The molecule has 0 aliphatic rings. The fraction of sp³-hybridized carbons (Fsp3) is 0.143. The van der Waals surface area contributed by atoms with E-state index in [1.807, 2.05) is 30.3 Å². The summed E-state index contributed by atoms with van der Waals surface area (Å²) in [6, 6.07) is 14.9. The Morgan fingerprint density at radius 2 is 1.94 bits per heavy atom. The van der Waals surface area contributed by atoms with Gasteiger partial charge in [-0.2, -0.15) is 0 Å². The van der Waals surface area contributed by atoms with Crippen LogP contribution in [0.1, 0.15) is 5.69 Å². The summed E-state index contributed by atoms with van der Waals surface area (Å²) < 4.78 is 22.0. The molecule has 0 unspecified atom stereocenters. The summed E-state index contributed by atoms with van der Waals surface area (Å²) >= 11 is 1.02. The fourth-order valence-electron chi connectivity index (χ4n) is 3.02. The zero-order valence-corrected chi connectivity index (χ0v) is 17.5. The summed E-state index contributed by atoms with van der Waals surface area (Å²) in [6.45, 7) is 1.76. The average Bonchev–Trinajstić information content (AvgIpc) is 3.32. The molecule has 1 N–H and O–H groups in total. The largest absolute Gasteiger partial charge is 0.411 e. The first-order valence-corrected chi connectivity index (χ1v) is 10.3. The molecule has 4 aromatic rings. The van der Waals surface area contributed by atoms with Crippen molar-refractivity contribution in [2.24, 2.45) is 7.05 Å². The number of anilines is 1. The molecule has 2 heterocycles. The zero-order valence-electron chi connectivity index (χ0n) is 16.7. The van der Waals surface area contributed by atoms with Gasteiger partial charge >= 0.3 is 0 Å². The number of halogens is 1. The number of thioether (sulfide) groups is 1. The minimum atomic E-state index is -0.413. The predicted molar refractivity (Wildman–Crippen MR) is 115 cm³/mol. The molecule has 0 fully saturated rings. The van der Waals surface area contributed by atoms with E-state index >= 15 is 0 Å². The molecule has 158 valence electrons. The lowest BCUT2D eigenvalue weighted by Gasteiger charge is -2.07. The van der Waals surface area contributed by atoms with Crippen LogP contribution in [0.2, 0.25) is 0 Å². The number of hydrogen-bond acceptors (Lipinski definition) is 6. The van der Waals surface area contributed by atoms with Crippen LogP contribution in [-0.4, -0.2) is 31.2 Å². The van der Waals surface area contributed by atoms with Crippen molar-refractivity contribution >= 4 is 23.4 Å². The van der Waals surface area contributed by atoms with Gasteiger partial charge in [0, 0.05) is 12.6 Å². The summed E-state index contributed by atoms with van der Waals surface area (Å²) in [5.41, 5.74) is 1.66. The number of hydrogen-bond donors (Lipinski definition) is 1. The Labute approximate surface area is 180 Å². The van der Waals surface area contributed by atoms with E-state index in [1.165, 1.54) is 16.8 Å². The van der Waals surface area contributed by atoms with Gasteiger partial charge in [0.2, 0.25) is 11.8 Å². The van der Waals surface area contributed by atoms with Gasteiger partial charge in [0.25, 0.3) is 10.8 Å². The first-order valence-electron chi connectivity index (χ1n) is 9.30. The topological polar surface area (TPSA) is 95.0 Å². The van der Waals surface area contributed by atoms with E-state index in [2.05, 4.69) is 15.5 Å². The van der Waals surface area contributed by atoms with Crippen molar-refractivity contribution in [3.63, 3.8) is 0 Å². The highest BCUT2D eigenvalue weighted by molar-refractivity contribution is 7.99. The van der Waals surface area contributed by atoms with Gasteiger partial charge in [-0.1, -0.05) is 36.0 Å². The van der Waals surface area contributed by atoms with Gasteiger partial charge in [0.05, 0.1) is 17.1 Å². The summed E-state index contributed by atoms with van der Waals surface area (Å²) in [5.74, 6) is -0.679. The molecule has 0 aliphatic carbocycles. The highest BCUT2D eigenvalue weighted by Gasteiger charge is 2.19. The molecule has 0 aliphatic heterocycles. The van der Waals surface area contributed by atoms with Crippen molar-refractivity contribution in [3.05, 3.63) is 76.5 Å². The van der Waals surface area contributed by atoms with Crippen LogP contribution in [-0.2, 0) is 11.8 Å². The van der Waals surface area contributed by atoms with E-state index in [9.17, 15) is 14.0 Å². The average molecular weight is 439 g/mol. The van der Waals surface area contributed by atoms with Gasteiger partial charge < -0.3 is 9.73 Å². The Kier molecular flexibility index (Phi) is 5.72. The van der Waals surface area contributed by atoms with Gasteiger partial charge in [-0.05, 0) is 37.3 Å². The smallest absolute Gasteiger partial charge is 0.295 e. The Morgan fingerprint density at radius 3 is 2.68 bits per heavy atom. The number of benzene rings is 2. The standard InChI is InChI=1S/C21H18FN5O3S/c1-13-18(20(29)27(26(13)2)16-9-4-3-5-10-16)23-17(28)12-31-21-25-24-19(30-21)14-7-6-8-15(22)11-14/h3-11H,12H2,1-2H3,(H,23,28). The normalized spacial score (nSPS) is 10.9. The van der Waals surface area contributed by atoms with Gasteiger partial charge in [-0.15, -0.1) is 10.2 Å². The van der Waals surface area contributed by atoms with E-state index < -0.39 is 5.82 Å². The van der Waals surface area contributed by atoms with Crippen molar-refractivity contribution in [2.75, 3.05) is 11.1 Å². The molecular weight excluding hydrogens is 421 g/mol. The first-order chi connectivity index (χ1) is 14.9. The number of nitrogens with one attached hydrogen (secondary N) is 1. The minimum Gasteiger partial charge on any atom is -0.411 e. The lowest BCUT2D eigenvalue weighted by molar-refractivity contribution is -0.113. The van der Waals surface area contributed by atoms with Gasteiger partial charge in [0.1, 0.15) is 11.5 Å². The molecule has 0 saturated heterocycles. The van der Waals surface area contributed by atoms with Crippen LogP contribution in [0.5, 0.6) is 0 Å². The molecule has 0 saturated carbocycles. The molecular formula is C21H18FN5O3S. The lowest BCUT2D eigenvalue weighted by atomic mass is 10.2.